The number of urea groups is 1. The van der Waals surface area contributed by atoms with Crippen LogP contribution in [0.25, 0.3) is 0 Å². The van der Waals surface area contributed by atoms with Gasteiger partial charge in [-0.1, -0.05) is 12.1 Å². The average Bonchev–Trinajstić information content (AvgIpc) is 2.47. The van der Waals surface area contributed by atoms with Crippen LogP contribution >= 0.6 is 0 Å². The van der Waals surface area contributed by atoms with E-state index in [-0.39, 0.29) is 6.03 Å². The van der Waals surface area contributed by atoms with Gasteiger partial charge in [-0.05, 0) is 19.2 Å². The Bertz CT molecular complexity index is 470. The van der Waals surface area contributed by atoms with E-state index in [9.17, 15) is 4.79 Å². The second-order valence-corrected chi connectivity index (χ2v) is 5.04. The molecule has 0 bridgehead atoms. The van der Waals surface area contributed by atoms with Gasteiger partial charge in [0.1, 0.15) is 12.4 Å². The van der Waals surface area contributed by atoms with Crippen LogP contribution in [0.3, 0.4) is 0 Å². The average molecular weight is 261 g/mol. The van der Waals surface area contributed by atoms with Crippen LogP contribution in [-0.4, -0.2) is 62.2 Å². The summed E-state index contributed by atoms with van der Waals surface area (Å²) in [6.45, 7) is 4.68. The number of hydrogen-bond donors (Lipinski definition) is 0. The molecule has 0 spiro atoms. The van der Waals surface area contributed by atoms with Gasteiger partial charge in [-0.25, -0.2) is 4.79 Å². The lowest BCUT2D eigenvalue weighted by Gasteiger charge is -2.37. The zero-order chi connectivity index (χ0) is 13.2. The predicted molar refractivity (Wildman–Crippen MR) is 73.7 cm³/mol. The van der Waals surface area contributed by atoms with Crippen molar-refractivity contribution in [3.05, 3.63) is 24.3 Å². The Kier molecular flexibility index (Phi) is 3.29. The molecule has 0 atom stereocenters. The van der Waals surface area contributed by atoms with E-state index in [2.05, 4.69) is 11.9 Å². The van der Waals surface area contributed by atoms with Crippen molar-refractivity contribution in [1.29, 1.82) is 0 Å². The standard InChI is InChI=1S/C14H19N3O2/c1-15-6-8-16(9-7-15)14(18)17-10-11-19-13-5-3-2-4-12(13)17/h2-5H,6-11H2,1H3. The highest BCUT2D eigenvalue weighted by atomic mass is 16.5. The second-order valence-electron chi connectivity index (χ2n) is 5.04. The molecule has 2 heterocycles. The molecule has 1 aromatic rings. The van der Waals surface area contributed by atoms with Gasteiger partial charge in [-0.15, -0.1) is 0 Å². The van der Waals surface area contributed by atoms with E-state index in [1.165, 1.54) is 0 Å². The minimum Gasteiger partial charge on any atom is -0.490 e. The van der Waals surface area contributed by atoms with Crippen molar-refractivity contribution in [3.8, 4) is 5.75 Å². The number of nitrogens with zero attached hydrogens (tertiary/aromatic N) is 3. The van der Waals surface area contributed by atoms with Gasteiger partial charge in [0.2, 0.25) is 0 Å². The number of likely N-dealkylation sites (N-methyl/N-ethyl adjacent to an activating group) is 1. The lowest BCUT2D eigenvalue weighted by Crippen LogP contribution is -2.53. The Balaban J connectivity index is 1.78. The van der Waals surface area contributed by atoms with Crippen molar-refractivity contribution in [1.82, 2.24) is 9.80 Å². The van der Waals surface area contributed by atoms with E-state index >= 15 is 0 Å². The van der Waals surface area contributed by atoms with Gasteiger partial charge in [0, 0.05) is 26.2 Å². The molecule has 1 saturated heterocycles. The number of carbonyl (C=O) groups is 1. The predicted octanol–water partition coefficient (Wildman–Crippen LogP) is 1.25. The highest BCUT2D eigenvalue weighted by Crippen LogP contribution is 2.31. The lowest BCUT2D eigenvalue weighted by atomic mass is 10.2. The first-order valence-corrected chi connectivity index (χ1v) is 6.72. The SMILES string of the molecule is CN1CCN(C(=O)N2CCOc3ccccc32)CC1. The molecule has 0 radical (unpaired) electrons. The third-order valence-electron chi connectivity index (χ3n) is 3.73. The topological polar surface area (TPSA) is 36.0 Å². The smallest absolute Gasteiger partial charge is 0.324 e. The van der Waals surface area contributed by atoms with Gasteiger partial charge in [-0.2, -0.15) is 0 Å². The third-order valence-corrected chi connectivity index (χ3v) is 3.73. The first-order valence-electron chi connectivity index (χ1n) is 6.72. The second kappa shape index (κ2) is 5.09. The van der Waals surface area contributed by atoms with Crippen LogP contribution in [-0.2, 0) is 0 Å². The number of piperazine rings is 1. The minimum atomic E-state index is 0.101. The molecular weight excluding hydrogens is 242 g/mol. The number of hydrogen-bond acceptors (Lipinski definition) is 3. The number of anilines is 1. The molecule has 0 aromatic heterocycles. The van der Waals surface area contributed by atoms with Crippen molar-refractivity contribution < 1.29 is 9.53 Å². The first kappa shape index (κ1) is 12.3. The molecular formula is C14H19N3O2. The summed E-state index contributed by atoms with van der Waals surface area (Å²) in [5, 5.41) is 0. The summed E-state index contributed by atoms with van der Waals surface area (Å²) in [4.78, 5) is 18.6. The van der Waals surface area contributed by atoms with Crippen molar-refractivity contribution >= 4 is 11.7 Å². The summed E-state index contributed by atoms with van der Waals surface area (Å²) in [6.07, 6.45) is 0. The molecule has 0 N–H and O–H groups in total. The maximum absolute atomic E-state index is 12.6. The monoisotopic (exact) mass is 261 g/mol. The zero-order valence-corrected chi connectivity index (χ0v) is 11.2. The molecule has 3 rings (SSSR count). The quantitative estimate of drug-likeness (QED) is 0.705. The normalized spacial score (nSPS) is 19.8. The maximum atomic E-state index is 12.6. The molecule has 1 aromatic carbocycles. The Morgan fingerprint density at radius 3 is 2.63 bits per heavy atom. The fourth-order valence-electron chi connectivity index (χ4n) is 2.54. The van der Waals surface area contributed by atoms with Gasteiger partial charge in [0.25, 0.3) is 0 Å². The molecule has 5 heteroatoms. The van der Waals surface area contributed by atoms with Crippen LogP contribution in [0.2, 0.25) is 0 Å². The number of ether oxygens (including phenoxy) is 1. The summed E-state index contributed by atoms with van der Waals surface area (Å²) in [5.74, 6) is 0.802. The fraction of sp³-hybridized carbons (Fsp3) is 0.500. The molecule has 1 fully saturated rings. The fourth-order valence-corrected chi connectivity index (χ4v) is 2.54. The number of fused-ring (bicyclic) bond motifs is 1. The summed E-state index contributed by atoms with van der Waals surface area (Å²) in [6, 6.07) is 7.84. The van der Waals surface area contributed by atoms with Crippen LogP contribution in [0.5, 0.6) is 5.75 Å². The van der Waals surface area contributed by atoms with Crippen molar-refractivity contribution in [2.75, 3.05) is 51.3 Å². The van der Waals surface area contributed by atoms with Crippen molar-refractivity contribution in [2.45, 2.75) is 0 Å². The van der Waals surface area contributed by atoms with Gasteiger partial charge in [0.15, 0.2) is 0 Å². The van der Waals surface area contributed by atoms with Crippen molar-refractivity contribution in [3.63, 3.8) is 0 Å². The van der Waals surface area contributed by atoms with Crippen LogP contribution < -0.4 is 9.64 Å². The van der Waals surface area contributed by atoms with Crippen LogP contribution in [0.1, 0.15) is 0 Å². The Morgan fingerprint density at radius 1 is 1.11 bits per heavy atom. The molecule has 0 aliphatic carbocycles. The molecule has 5 nitrogen and oxygen atoms in total. The van der Waals surface area contributed by atoms with Crippen LogP contribution in [0.15, 0.2) is 24.3 Å². The van der Waals surface area contributed by atoms with E-state index < -0.39 is 0 Å². The highest BCUT2D eigenvalue weighted by molar-refractivity contribution is 5.94. The van der Waals surface area contributed by atoms with E-state index in [1.54, 1.807) is 0 Å². The first-order chi connectivity index (χ1) is 9.25. The zero-order valence-electron chi connectivity index (χ0n) is 11.2. The highest BCUT2D eigenvalue weighted by Gasteiger charge is 2.28. The minimum absolute atomic E-state index is 0.101. The van der Waals surface area contributed by atoms with Gasteiger partial charge >= 0.3 is 6.03 Å². The van der Waals surface area contributed by atoms with Crippen LogP contribution in [0, 0.1) is 0 Å². The van der Waals surface area contributed by atoms with E-state index in [1.807, 2.05) is 34.1 Å². The van der Waals surface area contributed by atoms with Gasteiger partial charge in [0.05, 0.1) is 12.2 Å². The molecule has 0 saturated carbocycles. The van der Waals surface area contributed by atoms with E-state index in [0.717, 1.165) is 37.6 Å². The Labute approximate surface area is 113 Å². The number of carbonyl (C=O) groups excluding carboxylic acids is 1. The molecule has 102 valence electrons. The largest absolute Gasteiger partial charge is 0.490 e. The summed E-state index contributed by atoms with van der Waals surface area (Å²) in [7, 11) is 2.09. The van der Waals surface area contributed by atoms with Crippen molar-refractivity contribution in [2.24, 2.45) is 0 Å². The summed E-state index contributed by atoms with van der Waals surface area (Å²) in [5.41, 5.74) is 0.887. The summed E-state index contributed by atoms with van der Waals surface area (Å²) >= 11 is 0. The number of rotatable bonds is 0. The molecule has 2 aliphatic heterocycles. The van der Waals surface area contributed by atoms with E-state index in [0.29, 0.717) is 13.2 Å². The maximum Gasteiger partial charge on any atom is 0.324 e. The van der Waals surface area contributed by atoms with E-state index in [4.69, 9.17) is 4.74 Å². The molecule has 2 amide bonds. The summed E-state index contributed by atoms with van der Waals surface area (Å²) < 4.78 is 5.59. The Hall–Kier alpha value is -1.75. The number of amides is 2. The number of para-hydroxylation sites is 2. The lowest BCUT2D eigenvalue weighted by molar-refractivity contribution is 0.157. The molecule has 0 unspecified atom stereocenters. The van der Waals surface area contributed by atoms with Gasteiger partial charge in [-0.3, -0.25) is 4.90 Å². The third kappa shape index (κ3) is 2.38. The Morgan fingerprint density at radius 2 is 1.84 bits per heavy atom. The van der Waals surface area contributed by atoms with Crippen LogP contribution in [0.4, 0.5) is 10.5 Å². The molecule has 2 aliphatic rings. The van der Waals surface area contributed by atoms with Gasteiger partial charge < -0.3 is 14.5 Å². The number of benzene rings is 1. The molecule has 19 heavy (non-hydrogen) atoms.